The molecule has 1 saturated heterocycles. The molecular formula is C18H23N3O2. The molecule has 0 saturated carbocycles. The number of amides is 2. The first-order chi connectivity index (χ1) is 11.1. The molecule has 2 aliphatic heterocycles. The van der Waals surface area contributed by atoms with Gasteiger partial charge in [0.25, 0.3) is 5.91 Å². The Hall–Kier alpha value is -2.17. The first kappa shape index (κ1) is 15.7. The molecule has 2 aliphatic rings. The maximum atomic E-state index is 12.8. The third-order valence-corrected chi connectivity index (χ3v) is 4.69. The van der Waals surface area contributed by atoms with Crippen LogP contribution < -0.4 is 5.01 Å². The summed E-state index contributed by atoms with van der Waals surface area (Å²) in [5, 5.41) is 5.82. The molecule has 0 N–H and O–H groups in total. The van der Waals surface area contributed by atoms with Crippen LogP contribution in [0.15, 0.2) is 29.4 Å². The first-order valence-electron chi connectivity index (χ1n) is 8.35. The minimum atomic E-state index is -0.0532. The molecule has 1 aromatic rings. The van der Waals surface area contributed by atoms with E-state index >= 15 is 0 Å². The summed E-state index contributed by atoms with van der Waals surface area (Å²) in [7, 11) is 0. The maximum absolute atomic E-state index is 12.8. The molecule has 1 atom stereocenters. The first-order valence-corrected chi connectivity index (χ1v) is 8.35. The van der Waals surface area contributed by atoms with Crippen LogP contribution in [-0.4, -0.2) is 35.0 Å². The van der Waals surface area contributed by atoms with Crippen molar-refractivity contribution < 1.29 is 9.59 Å². The van der Waals surface area contributed by atoms with Gasteiger partial charge in [0.2, 0.25) is 5.91 Å². The van der Waals surface area contributed by atoms with Gasteiger partial charge in [0.15, 0.2) is 0 Å². The van der Waals surface area contributed by atoms with Gasteiger partial charge in [0.1, 0.15) is 5.71 Å². The Morgan fingerprint density at radius 2 is 2.00 bits per heavy atom. The third kappa shape index (κ3) is 3.14. The fourth-order valence-electron chi connectivity index (χ4n) is 3.26. The second-order valence-corrected chi connectivity index (χ2v) is 6.38. The van der Waals surface area contributed by atoms with Crippen molar-refractivity contribution in [3.8, 4) is 0 Å². The van der Waals surface area contributed by atoms with Gasteiger partial charge in [-0.2, -0.15) is 5.10 Å². The molecule has 2 heterocycles. The average molecular weight is 313 g/mol. The van der Waals surface area contributed by atoms with Crippen LogP contribution in [0.5, 0.6) is 0 Å². The van der Waals surface area contributed by atoms with Crippen LogP contribution in [0.2, 0.25) is 0 Å². The van der Waals surface area contributed by atoms with Gasteiger partial charge in [-0.3, -0.25) is 9.59 Å². The van der Waals surface area contributed by atoms with Crippen molar-refractivity contribution in [2.45, 2.75) is 52.0 Å². The summed E-state index contributed by atoms with van der Waals surface area (Å²) in [6.07, 6.45) is 4.03. The van der Waals surface area contributed by atoms with Gasteiger partial charge in [-0.05, 0) is 44.7 Å². The van der Waals surface area contributed by atoms with Gasteiger partial charge < -0.3 is 4.90 Å². The number of carbonyl (C=O) groups is 2. The second kappa shape index (κ2) is 6.52. The van der Waals surface area contributed by atoms with Crippen LogP contribution in [0.25, 0.3) is 0 Å². The van der Waals surface area contributed by atoms with Crippen molar-refractivity contribution in [3.05, 3.63) is 29.8 Å². The summed E-state index contributed by atoms with van der Waals surface area (Å²) >= 11 is 0. The van der Waals surface area contributed by atoms with Gasteiger partial charge in [0.05, 0.1) is 5.69 Å². The van der Waals surface area contributed by atoms with E-state index in [0.717, 1.165) is 30.6 Å². The largest absolute Gasteiger partial charge is 0.335 e. The van der Waals surface area contributed by atoms with E-state index in [1.54, 1.807) is 0 Å². The molecule has 1 unspecified atom stereocenters. The number of likely N-dealkylation sites (tertiary alicyclic amines) is 1. The lowest BCUT2D eigenvalue weighted by atomic mass is 10.0. The number of anilines is 1. The number of rotatable bonds is 2. The normalized spacial score (nSPS) is 22.1. The Morgan fingerprint density at radius 3 is 2.74 bits per heavy atom. The highest BCUT2D eigenvalue weighted by Crippen LogP contribution is 2.25. The molecule has 1 fully saturated rings. The number of benzene rings is 1. The molecule has 0 aromatic heterocycles. The van der Waals surface area contributed by atoms with E-state index in [4.69, 9.17) is 0 Å². The van der Waals surface area contributed by atoms with Crippen molar-refractivity contribution in [2.75, 3.05) is 11.6 Å². The number of hydrazone groups is 1. The Labute approximate surface area is 137 Å². The fourth-order valence-corrected chi connectivity index (χ4v) is 3.26. The van der Waals surface area contributed by atoms with E-state index in [9.17, 15) is 9.59 Å². The molecule has 122 valence electrons. The fraction of sp³-hybridized carbons (Fsp3) is 0.500. The highest BCUT2D eigenvalue weighted by molar-refractivity contribution is 6.40. The molecule has 5 heteroatoms. The van der Waals surface area contributed by atoms with Gasteiger partial charge >= 0.3 is 0 Å². The second-order valence-electron chi connectivity index (χ2n) is 6.38. The van der Waals surface area contributed by atoms with Crippen LogP contribution in [-0.2, 0) is 9.59 Å². The summed E-state index contributed by atoms with van der Waals surface area (Å²) in [5.74, 6) is -0.0640. The minimum absolute atomic E-state index is 0.0108. The Kier molecular flexibility index (Phi) is 4.46. The Balaban J connectivity index is 1.88. The zero-order valence-electron chi connectivity index (χ0n) is 13.8. The highest BCUT2D eigenvalue weighted by Gasteiger charge is 2.31. The molecule has 0 bridgehead atoms. The quantitative estimate of drug-likeness (QED) is 0.843. The molecular weight excluding hydrogens is 290 g/mol. The summed E-state index contributed by atoms with van der Waals surface area (Å²) in [6, 6.07) is 7.88. The number of carbonyl (C=O) groups excluding carboxylic acids is 2. The molecule has 0 spiro atoms. The van der Waals surface area contributed by atoms with Crippen molar-refractivity contribution >= 4 is 23.2 Å². The van der Waals surface area contributed by atoms with Crippen molar-refractivity contribution in [2.24, 2.45) is 5.10 Å². The molecule has 2 amide bonds. The van der Waals surface area contributed by atoms with E-state index in [0.29, 0.717) is 18.6 Å². The van der Waals surface area contributed by atoms with Crippen molar-refractivity contribution in [1.82, 2.24) is 4.90 Å². The van der Waals surface area contributed by atoms with Crippen LogP contribution >= 0.6 is 0 Å². The number of aryl methyl sites for hydroxylation is 1. The number of nitrogens with zero attached hydrogens (tertiary/aromatic N) is 3. The van der Waals surface area contributed by atoms with E-state index in [-0.39, 0.29) is 17.9 Å². The van der Waals surface area contributed by atoms with Gasteiger partial charge in [-0.15, -0.1) is 0 Å². The molecule has 5 nitrogen and oxygen atoms in total. The van der Waals surface area contributed by atoms with Crippen LogP contribution in [0.4, 0.5) is 5.69 Å². The predicted molar refractivity (Wildman–Crippen MR) is 90.4 cm³/mol. The summed E-state index contributed by atoms with van der Waals surface area (Å²) in [5.41, 5.74) is 2.24. The summed E-state index contributed by atoms with van der Waals surface area (Å²) in [4.78, 5) is 26.9. The van der Waals surface area contributed by atoms with Crippen molar-refractivity contribution in [1.29, 1.82) is 0 Å². The van der Waals surface area contributed by atoms with E-state index < -0.39 is 0 Å². The zero-order valence-corrected chi connectivity index (χ0v) is 13.8. The van der Waals surface area contributed by atoms with Crippen molar-refractivity contribution in [3.63, 3.8) is 0 Å². The molecule has 3 rings (SSSR count). The lowest BCUT2D eigenvalue weighted by Gasteiger charge is -2.34. The summed E-state index contributed by atoms with van der Waals surface area (Å²) < 4.78 is 0. The topological polar surface area (TPSA) is 53.0 Å². The molecule has 0 aliphatic carbocycles. The van der Waals surface area contributed by atoms with Gasteiger partial charge in [-0.25, -0.2) is 5.01 Å². The van der Waals surface area contributed by atoms with Crippen LogP contribution in [0, 0.1) is 6.92 Å². The van der Waals surface area contributed by atoms with E-state index in [1.165, 1.54) is 11.4 Å². The third-order valence-electron chi connectivity index (χ3n) is 4.69. The van der Waals surface area contributed by atoms with E-state index in [2.05, 4.69) is 12.0 Å². The average Bonchev–Trinajstić information content (AvgIpc) is 2.56. The zero-order chi connectivity index (χ0) is 16.4. The van der Waals surface area contributed by atoms with Crippen LogP contribution in [0.1, 0.15) is 44.6 Å². The van der Waals surface area contributed by atoms with E-state index in [1.807, 2.05) is 36.1 Å². The Morgan fingerprint density at radius 1 is 1.22 bits per heavy atom. The van der Waals surface area contributed by atoms with Crippen LogP contribution in [0.3, 0.4) is 0 Å². The van der Waals surface area contributed by atoms with Gasteiger partial charge in [0, 0.05) is 25.4 Å². The SMILES string of the molecule is Cc1ccccc1N1N=C(C(=O)N2CCCCC2C)CCC1=O. The Bertz CT molecular complexity index is 653. The number of para-hydroxylation sites is 1. The number of hydrogen-bond acceptors (Lipinski definition) is 3. The predicted octanol–water partition coefficient (Wildman–Crippen LogP) is 2.88. The molecule has 0 radical (unpaired) electrons. The molecule has 23 heavy (non-hydrogen) atoms. The lowest BCUT2D eigenvalue weighted by molar-refractivity contribution is -0.127. The molecule has 1 aromatic carbocycles. The maximum Gasteiger partial charge on any atom is 0.270 e. The smallest absolute Gasteiger partial charge is 0.270 e. The standard InChI is InChI=1S/C18H23N3O2/c1-13-7-3-4-9-16(13)21-17(22)11-10-15(19-21)18(23)20-12-6-5-8-14(20)2/h3-4,7,9,14H,5-6,8,10-12H2,1-2H3. The summed E-state index contributed by atoms with van der Waals surface area (Å²) in [6.45, 7) is 4.82. The monoisotopic (exact) mass is 313 g/mol. The number of piperidine rings is 1. The minimum Gasteiger partial charge on any atom is -0.335 e. The number of hydrogen-bond donors (Lipinski definition) is 0. The van der Waals surface area contributed by atoms with Gasteiger partial charge in [-0.1, -0.05) is 18.2 Å². The highest BCUT2D eigenvalue weighted by atomic mass is 16.2. The lowest BCUT2D eigenvalue weighted by Crippen LogP contribution is -2.47.